The number of fused-ring (bicyclic) bond motifs is 2. The van der Waals surface area contributed by atoms with Crippen LogP contribution in [0.1, 0.15) is 57.1 Å². The number of ether oxygens (including phenoxy) is 3. The van der Waals surface area contributed by atoms with Crippen molar-refractivity contribution in [1.82, 2.24) is 18.8 Å². The van der Waals surface area contributed by atoms with Gasteiger partial charge in [0.15, 0.2) is 11.4 Å². The summed E-state index contributed by atoms with van der Waals surface area (Å²) in [5, 5.41) is 17.7. The lowest BCUT2D eigenvalue weighted by Crippen LogP contribution is -2.04. The van der Waals surface area contributed by atoms with Crippen LogP contribution in [0.4, 0.5) is 8.78 Å². The summed E-state index contributed by atoms with van der Waals surface area (Å²) in [7, 11) is 3.01. The lowest BCUT2D eigenvalue weighted by atomic mass is 9.97. The van der Waals surface area contributed by atoms with Gasteiger partial charge in [0.25, 0.3) is 0 Å². The van der Waals surface area contributed by atoms with E-state index in [4.69, 9.17) is 47.6 Å². The molecule has 0 aliphatic carbocycles. The average Bonchev–Trinajstić information content (AvgIpc) is 3.90. The first-order valence-electron chi connectivity index (χ1n) is 19.6. The van der Waals surface area contributed by atoms with Crippen LogP contribution < -0.4 is 9.47 Å². The number of aliphatic hydroxyl groups is 1. The molecule has 0 bridgehead atoms. The molecule has 0 aliphatic heterocycles. The highest BCUT2D eigenvalue weighted by Gasteiger charge is 2.19. The van der Waals surface area contributed by atoms with Crippen LogP contribution >= 0.6 is 23.2 Å². The summed E-state index contributed by atoms with van der Waals surface area (Å²) < 4.78 is 50.1. The number of aliphatic hydroxyl groups excluding tert-OH is 1. The van der Waals surface area contributed by atoms with E-state index < -0.39 is 11.9 Å². The Balaban J connectivity index is 0.000000198. The van der Waals surface area contributed by atoms with E-state index in [2.05, 4.69) is 9.97 Å². The Morgan fingerprint density at radius 1 is 0.651 bits per heavy atom. The molecule has 63 heavy (non-hydrogen) atoms. The SMILES string of the molecule is CCO.CCOC(=O)c1cn2cc(Cc3ccc(OC)c(-c4cccc(Cl)c4)c3F)ccc2n1.COc1ccc(Cc2ccc3nc(C(=O)O)cn3c2)c(F)c1-c1cccc(Cl)c1. The molecule has 0 spiro atoms. The molecule has 0 radical (unpaired) electrons. The first-order valence-corrected chi connectivity index (χ1v) is 20.3. The van der Waals surface area contributed by atoms with Crippen molar-refractivity contribution in [3.63, 3.8) is 0 Å². The number of carboxylic acid groups (broad SMARTS) is 1. The Morgan fingerprint density at radius 3 is 1.51 bits per heavy atom. The Hall–Kier alpha value is -6.80. The molecular formula is C48H42Cl2F2N4O7. The summed E-state index contributed by atoms with van der Waals surface area (Å²) in [6, 6.07) is 28.0. The summed E-state index contributed by atoms with van der Waals surface area (Å²) in [4.78, 5) is 31.3. The van der Waals surface area contributed by atoms with E-state index in [1.54, 1.807) is 126 Å². The van der Waals surface area contributed by atoms with Gasteiger partial charge in [-0.25, -0.2) is 28.3 Å². The molecule has 8 aromatic rings. The van der Waals surface area contributed by atoms with Crippen LogP contribution in [0.3, 0.4) is 0 Å². The number of halogens is 4. The second kappa shape index (κ2) is 20.8. The maximum atomic E-state index is 15.5. The molecule has 0 saturated carbocycles. The van der Waals surface area contributed by atoms with Crippen molar-refractivity contribution in [1.29, 1.82) is 0 Å². The normalized spacial score (nSPS) is 10.7. The van der Waals surface area contributed by atoms with E-state index in [-0.39, 0.29) is 36.2 Å². The first-order chi connectivity index (χ1) is 30.4. The monoisotopic (exact) mass is 894 g/mol. The quantitative estimate of drug-likeness (QED) is 0.122. The molecule has 0 atom stereocenters. The van der Waals surface area contributed by atoms with Crippen LogP contribution in [-0.2, 0) is 17.6 Å². The highest BCUT2D eigenvalue weighted by Crippen LogP contribution is 2.37. The smallest absolute Gasteiger partial charge is 0.358 e. The fraction of sp³-hybridized carbons (Fsp3) is 0.167. The van der Waals surface area contributed by atoms with E-state index in [1.807, 2.05) is 12.3 Å². The molecule has 2 N–H and O–H groups in total. The van der Waals surface area contributed by atoms with Gasteiger partial charge < -0.3 is 33.2 Å². The Labute approximate surface area is 371 Å². The number of methoxy groups -OCH3 is 2. The fourth-order valence-electron chi connectivity index (χ4n) is 6.77. The minimum absolute atomic E-state index is 0.0407. The fourth-order valence-corrected chi connectivity index (χ4v) is 7.15. The zero-order valence-electron chi connectivity index (χ0n) is 34.6. The van der Waals surface area contributed by atoms with Crippen LogP contribution in [0.25, 0.3) is 33.5 Å². The van der Waals surface area contributed by atoms with Crippen molar-refractivity contribution in [2.75, 3.05) is 27.4 Å². The molecule has 4 heterocycles. The minimum atomic E-state index is -1.09. The van der Waals surface area contributed by atoms with Crippen molar-refractivity contribution < 1.29 is 42.8 Å². The number of nitrogens with zero attached hydrogens (tertiary/aromatic N) is 4. The zero-order chi connectivity index (χ0) is 45.2. The number of aromatic nitrogens is 4. The number of aromatic carboxylic acids is 1. The number of carboxylic acids is 1. The standard InChI is InChI=1S/C24H20ClFN2O3.C22H16ClFN2O3.C2H6O/c1-3-31-24(29)19-14-28-13-15(7-10-21(28)27-19)11-17-8-9-20(30-2)22(23(17)26)16-5-4-6-18(25)12-16;1-29-18-7-6-15(21(24)20(18)14-3-2-4-16(23)10-14)9-13-5-8-19-25-17(22(27)28)12-26(19)11-13;1-2-3/h4-10,12-14H,3,11H2,1-2H3;2-8,10-12H,9H2,1H3,(H,27,28);3H,2H2,1H3. The van der Waals surface area contributed by atoms with Gasteiger partial charge in [0, 0.05) is 54.3 Å². The third-order valence-electron chi connectivity index (χ3n) is 9.55. The van der Waals surface area contributed by atoms with Gasteiger partial charge in [-0.3, -0.25) is 0 Å². The molecule has 11 nitrogen and oxygen atoms in total. The summed E-state index contributed by atoms with van der Waals surface area (Å²) in [6.07, 6.45) is 7.29. The maximum Gasteiger partial charge on any atom is 0.358 e. The lowest BCUT2D eigenvalue weighted by molar-refractivity contribution is 0.0519. The molecule has 324 valence electrons. The number of benzene rings is 4. The second-order valence-electron chi connectivity index (χ2n) is 13.8. The minimum Gasteiger partial charge on any atom is -0.496 e. The number of hydrogen-bond acceptors (Lipinski definition) is 8. The largest absolute Gasteiger partial charge is 0.496 e. The molecule has 0 amide bonds. The van der Waals surface area contributed by atoms with Crippen LogP contribution in [-0.4, -0.2) is 68.4 Å². The first kappa shape index (κ1) is 45.7. The van der Waals surface area contributed by atoms with Gasteiger partial charge in [-0.15, -0.1) is 0 Å². The Kier molecular flexibility index (Phi) is 15.1. The topological polar surface area (TPSA) is 137 Å². The molecule has 4 aromatic heterocycles. The van der Waals surface area contributed by atoms with Crippen LogP contribution in [0.15, 0.2) is 122 Å². The number of rotatable bonds is 11. The lowest BCUT2D eigenvalue weighted by Gasteiger charge is -2.14. The number of hydrogen-bond donors (Lipinski definition) is 2. The van der Waals surface area contributed by atoms with Crippen molar-refractivity contribution in [3.8, 4) is 33.8 Å². The summed E-state index contributed by atoms with van der Waals surface area (Å²) in [6.45, 7) is 3.95. The van der Waals surface area contributed by atoms with E-state index in [0.29, 0.717) is 79.1 Å². The van der Waals surface area contributed by atoms with Gasteiger partial charge in [0.2, 0.25) is 0 Å². The number of esters is 1. The zero-order valence-corrected chi connectivity index (χ0v) is 36.1. The molecule has 4 aromatic carbocycles. The highest BCUT2D eigenvalue weighted by atomic mass is 35.5. The summed E-state index contributed by atoms with van der Waals surface area (Å²) >= 11 is 12.2. The van der Waals surface area contributed by atoms with Crippen LogP contribution in [0, 0.1) is 11.6 Å². The van der Waals surface area contributed by atoms with Gasteiger partial charge in [-0.2, -0.15) is 0 Å². The predicted octanol–water partition coefficient (Wildman–Crippen LogP) is 10.7. The van der Waals surface area contributed by atoms with Gasteiger partial charge in [-0.1, -0.05) is 71.7 Å². The Bertz CT molecular complexity index is 2920. The highest BCUT2D eigenvalue weighted by molar-refractivity contribution is 6.31. The van der Waals surface area contributed by atoms with Crippen LogP contribution in [0.5, 0.6) is 11.5 Å². The molecule has 0 unspecified atom stereocenters. The van der Waals surface area contributed by atoms with Gasteiger partial charge in [-0.05, 0) is 95.8 Å². The molecule has 0 aliphatic rings. The van der Waals surface area contributed by atoms with Crippen molar-refractivity contribution in [2.45, 2.75) is 26.7 Å². The maximum absolute atomic E-state index is 15.5. The summed E-state index contributed by atoms with van der Waals surface area (Å²) in [5.74, 6) is -1.46. The molecule has 8 rings (SSSR count). The third kappa shape index (κ3) is 10.8. The van der Waals surface area contributed by atoms with Crippen molar-refractivity contribution >= 4 is 46.4 Å². The van der Waals surface area contributed by atoms with E-state index in [9.17, 15) is 9.59 Å². The van der Waals surface area contributed by atoms with Gasteiger partial charge in [0.05, 0.1) is 32.0 Å². The van der Waals surface area contributed by atoms with E-state index in [0.717, 1.165) is 11.1 Å². The Morgan fingerprint density at radius 2 is 1.10 bits per heavy atom. The molecule has 0 fully saturated rings. The van der Waals surface area contributed by atoms with Crippen LogP contribution in [0.2, 0.25) is 10.0 Å². The molecule has 0 saturated heterocycles. The number of carbonyl (C=O) groups is 2. The van der Waals surface area contributed by atoms with Crippen molar-refractivity contribution in [2.24, 2.45) is 0 Å². The molecule has 15 heteroatoms. The van der Waals surface area contributed by atoms with E-state index in [1.165, 1.54) is 20.4 Å². The number of carbonyl (C=O) groups excluding carboxylic acids is 1. The van der Waals surface area contributed by atoms with E-state index >= 15 is 8.78 Å². The number of pyridine rings is 2. The predicted molar refractivity (Wildman–Crippen MR) is 238 cm³/mol. The third-order valence-corrected chi connectivity index (χ3v) is 10.0. The van der Waals surface area contributed by atoms with Gasteiger partial charge in [0.1, 0.15) is 34.4 Å². The van der Waals surface area contributed by atoms with Crippen molar-refractivity contribution in [3.05, 3.63) is 177 Å². The summed E-state index contributed by atoms with van der Waals surface area (Å²) in [5.41, 5.74) is 5.99. The molecular weight excluding hydrogens is 853 g/mol. The number of imidazole rings is 2. The van der Waals surface area contributed by atoms with Gasteiger partial charge >= 0.3 is 11.9 Å². The second-order valence-corrected chi connectivity index (χ2v) is 14.7. The average molecular weight is 896 g/mol.